The second kappa shape index (κ2) is 4.53. The van der Waals surface area contributed by atoms with Gasteiger partial charge in [-0.1, -0.05) is 0 Å². The Morgan fingerprint density at radius 2 is 1.94 bits per heavy atom. The highest BCUT2D eigenvalue weighted by atomic mass is 16.6. The standard InChI is InChI=1S/C13H19NO4/c1-17-13(16)11-7-14(2-3-18-11)12(15)10-5-8-4-9(8)6-10/h8-11H,2-7H2,1H3. The van der Waals surface area contributed by atoms with E-state index < -0.39 is 6.10 Å². The summed E-state index contributed by atoms with van der Waals surface area (Å²) in [5, 5.41) is 0. The molecule has 3 aliphatic rings. The van der Waals surface area contributed by atoms with Crippen LogP contribution >= 0.6 is 0 Å². The van der Waals surface area contributed by atoms with Gasteiger partial charge in [0.2, 0.25) is 5.91 Å². The zero-order valence-corrected chi connectivity index (χ0v) is 10.6. The topological polar surface area (TPSA) is 55.8 Å². The highest BCUT2D eigenvalue weighted by Crippen LogP contribution is 2.54. The Hall–Kier alpha value is -1.10. The van der Waals surface area contributed by atoms with Crippen LogP contribution in [0, 0.1) is 17.8 Å². The largest absolute Gasteiger partial charge is 0.467 e. The summed E-state index contributed by atoms with van der Waals surface area (Å²) in [6.07, 6.45) is 2.80. The lowest BCUT2D eigenvalue weighted by molar-refractivity contribution is -0.163. The molecule has 2 aliphatic carbocycles. The third-order valence-corrected chi connectivity index (χ3v) is 4.44. The van der Waals surface area contributed by atoms with Crippen molar-refractivity contribution in [3.63, 3.8) is 0 Å². The normalized spacial score (nSPS) is 38.2. The maximum Gasteiger partial charge on any atom is 0.336 e. The van der Waals surface area contributed by atoms with E-state index in [1.54, 1.807) is 4.90 Å². The average molecular weight is 253 g/mol. The summed E-state index contributed by atoms with van der Waals surface area (Å²) in [7, 11) is 1.34. The maximum atomic E-state index is 12.3. The van der Waals surface area contributed by atoms with Crippen LogP contribution in [-0.2, 0) is 19.1 Å². The molecule has 0 radical (unpaired) electrons. The minimum absolute atomic E-state index is 0.185. The van der Waals surface area contributed by atoms with E-state index >= 15 is 0 Å². The van der Waals surface area contributed by atoms with Crippen LogP contribution in [0.25, 0.3) is 0 Å². The molecule has 3 fully saturated rings. The van der Waals surface area contributed by atoms with Crippen molar-refractivity contribution in [2.75, 3.05) is 26.8 Å². The predicted molar refractivity (Wildman–Crippen MR) is 62.7 cm³/mol. The molecule has 3 unspecified atom stereocenters. The molecule has 0 aromatic rings. The van der Waals surface area contributed by atoms with Crippen molar-refractivity contribution < 1.29 is 19.1 Å². The molecule has 0 spiro atoms. The number of rotatable bonds is 2. The molecule has 0 aromatic heterocycles. The summed E-state index contributed by atoms with van der Waals surface area (Å²) < 4.78 is 10.0. The predicted octanol–water partition coefficient (Wildman–Crippen LogP) is 0.433. The Bertz CT molecular complexity index is 360. The van der Waals surface area contributed by atoms with Gasteiger partial charge in [0.1, 0.15) is 0 Å². The molecule has 1 heterocycles. The highest BCUT2D eigenvalue weighted by Gasteiger charge is 2.49. The molecule has 0 N–H and O–H groups in total. The second-order valence-corrected chi connectivity index (χ2v) is 5.59. The maximum absolute atomic E-state index is 12.3. The van der Waals surface area contributed by atoms with Crippen LogP contribution in [0.2, 0.25) is 0 Å². The Balaban J connectivity index is 1.58. The fraction of sp³-hybridized carbons (Fsp3) is 0.846. The third-order valence-electron chi connectivity index (χ3n) is 4.44. The van der Waals surface area contributed by atoms with Crippen molar-refractivity contribution in [2.45, 2.75) is 25.4 Å². The third kappa shape index (κ3) is 2.11. The van der Waals surface area contributed by atoms with Crippen molar-refractivity contribution >= 4 is 11.9 Å². The molecular weight excluding hydrogens is 234 g/mol. The molecule has 5 heteroatoms. The first-order valence-corrected chi connectivity index (χ1v) is 6.67. The van der Waals surface area contributed by atoms with Gasteiger partial charge in [-0.2, -0.15) is 0 Å². The van der Waals surface area contributed by atoms with Crippen LogP contribution in [0.15, 0.2) is 0 Å². The fourth-order valence-corrected chi connectivity index (χ4v) is 3.30. The average Bonchev–Trinajstić information content (AvgIpc) is 3.03. The number of fused-ring (bicyclic) bond motifs is 1. The molecule has 2 saturated carbocycles. The van der Waals surface area contributed by atoms with Gasteiger partial charge in [-0.3, -0.25) is 4.79 Å². The molecule has 0 bridgehead atoms. The number of carbonyl (C=O) groups is 2. The van der Waals surface area contributed by atoms with Gasteiger partial charge in [-0.25, -0.2) is 4.79 Å². The van der Waals surface area contributed by atoms with E-state index in [1.165, 1.54) is 13.5 Å². The first-order chi connectivity index (χ1) is 8.69. The molecule has 5 nitrogen and oxygen atoms in total. The lowest BCUT2D eigenvalue weighted by atomic mass is 10.0. The van der Waals surface area contributed by atoms with Crippen LogP contribution in [0.4, 0.5) is 0 Å². The van der Waals surface area contributed by atoms with E-state index in [4.69, 9.17) is 4.74 Å². The van der Waals surface area contributed by atoms with E-state index in [-0.39, 0.29) is 17.8 Å². The van der Waals surface area contributed by atoms with Crippen molar-refractivity contribution in [1.29, 1.82) is 0 Å². The van der Waals surface area contributed by atoms with E-state index in [1.807, 2.05) is 0 Å². The number of morpholine rings is 1. The monoisotopic (exact) mass is 253 g/mol. The number of hydrogen-bond donors (Lipinski definition) is 0. The van der Waals surface area contributed by atoms with Gasteiger partial charge in [0.05, 0.1) is 20.3 Å². The first kappa shape index (κ1) is 12.0. The van der Waals surface area contributed by atoms with Gasteiger partial charge in [-0.05, 0) is 31.1 Å². The Morgan fingerprint density at radius 1 is 1.22 bits per heavy atom. The van der Waals surface area contributed by atoms with Gasteiger partial charge >= 0.3 is 5.97 Å². The number of esters is 1. The second-order valence-electron chi connectivity index (χ2n) is 5.59. The molecule has 0 aromatic carbocycles. The van der Waals surface area contributed by atoms with Crippen LogP contribution in [0.1, 0.15) is 19.3 Å². The van der Waals surface area contributed by atoms with Gasteiger partial charge in [0.25, 0.3) is 0 Å². The Kier molecular flexibility index (Phi) is 3.01. The zero-order valence-electron chi connectivity index (χ0n) is 10.6. The van der Waals surface area contributed by atoms with Crippen molar-refractivity contribution in [3.8, 4) is 0 Å². The van der Waals surface area contributed by atoms with Crippen molar-refractivity contribution in [2.24, 2.45) is 17.8 Å². The number of hydrogen-bond acceptors (Lipinski definition) is 4. The molecule has 1 aliphatic heterocycles. The summed E-state index contributed by atoms with van der Waals surface area (Å²) in [4.78, 5) is 25.5. The summed E-state index contributed by atoms with van der Waals surface area (Å²) in [5.74, 6) is 1.61. The molecule has 1 amide bonds. The van der Waals surface area contributed by atoms with Crippen LogP contribution < -0.4 is 0 Å². The molecular formula is C13H19NO4. The van der Waals surface area contributed by atoms with Gasteiger partial charge in [-0.15, -0.1) is 0 Å². The zero-order chi connectivity index (χ0) is 12.7. The lowest BCUT2D eigenvalue weighted by Crippen LogP contribution is -2.50. The minimum Gasteiger partial charge on any atom is -0.467 e. The van der Waals surface area contributed by atoms with E-state index in [0.29, 0.717) is 19.7 Å². The van der Waals surface area contributed by atoms with Crippen molar-refractivity contribution in [1.82, 2.24) is 4.90 Å². The van der Waals surface area contributed by atoms with Crippen LogP contribution in [0.3, 0.4) is 0 Å². The van der Waals surface area contributed by atoms with E-state index in [2.05, 4.69) is 4.74 Å². The van der Waals surface area contributed by atoms with E-state index in [0.717, 1.165) is 24.7 Å². The van der Waals surface area contributed by atoms with Gasteiger partial charge in [0, 0.05) is 12.5 Å². The summed E-state index contributed by atoms with van der Waals surface area (Å²) in [6.45, 7) is 1.36. The quantitative estimate of drug-likeness (QED) is 0.670. The van der Waals surface area contributed by atoms with E-state index in [9.17, 15) is 9.59 Å². The van der Waals surface area contributed by atoms with Crippen LogP contribution in [0.5, 0.6) is 0 Å². The smallest absolute Gasteiger partial charge is 0.336 e. The SMILES string of the molecule is COC(=O)C1CN(C(=O)C2CC3CC3C2)CCO1. The fourth-order valence-electron chi connectivity index (χ4n) is 3.30. The minimum atomic E-state index is -0.608. The molecule has 3 rings (SSSR count). The van der Waals surface area contributed by atoms with Gasteiger partial charge in [0.15, 0.2) is 6.10 Å². The number of methoxy groups -OCH3 is 1. The number of nitrogens with zero attached hydrogens (tertiary/aromatic N) is 1. The summed E-state index contributed by atoms with van der Waals surface area (Å²) in [6, 6.07) is 0. The molecule has 18 heavy (non-hydrogen) atoms. The Labute approximate surface area is 106 Å². The molecule has 100 valence electrons. The molecule has 3 atom stereocenters. The molecule has 1 saturated heterocycles. The van der Waals surface area contributed by atoms with Gasteiger partial charge < -0.3 is 14.4 Å². The summed E-state index contributed by atoms with van der Waals surface area (Å²) >= 11 is 0. The van der Waals surface area contributed by atoms with Crippen molar-refractivity contribution in [3.05, 3.63) is 0 Å². The number of carbonyl (C=O) groups excluding carboxylic acids is 2. The Morgan fingerprint density at radius 3 is 2.61 bits per heavy atom. The van der Waals surface area contributed by atoms with Crippen LogP contribution in [-0.4, -0.2) is 49.7 Å². The number of ether oxygens (including phenoxy) is 2. The summed E-state index contributed by atoms with van der Waals surface area (Å²) in [5.41, 5.74) is 0. The lowest BCUT2D eigenvalue weighted by Gasteiger charge is -2.33. The first-order valence-electron chi connectivity index (χ1n) is 6.67. The number of amides is 1. The highest BCUT2D eigenvalue weighted by molar-refractivity contribution is 5.81.